The molecule has 0 saturated heterocycles. The van der Waals surface area contributed by atoms with Crippen molar-refractivity contribution >= 4 is 0 Å². The first kappa shape index (κ1) is 24.0. The number of ether oxygens (including phenoxy) is 1. The highest BCUT2D eigenvalue weighted by Crippen LogP contribution is 2.52. The number of methoxy groups -OCH3 is 1. The molecule has 0 N–H and O–H groups in total. The van der Waals surface area contributed by atoms with Crippen LogP contribution in [-0.4, -0.2) is 12.1 Å². The molecule has 34 heavy (non-hydrogen) atoms. The number of rotatable bonds is 5. The quantitative estimate of drug-likeness (QED) is 0.442. The van der Waals surface area contributed by atoms with E-state index in [1.165, 1.54) is 54.5 Å². The standard InChI is InChI=1S/C31H42FNO/c1-20-14-16-22(17-15-20)29(32)28-26(21-10-6-5-7-11-21)27-24(18-31(2,3)19-25(27)34-4)33-30(28)23-12-8-9-13-23/h14-17,21,23,25,29H,5-13,18-19H2,1-4H3/t25-,29-/m0/s1. The Morgan fingerprint density at radius 1 is 0.912 bits per heavy atom. The van der Waals surface area contributed by atoms with Crippen molar-refractivity contribution in [1.29, 1.82) is 0 Å². The third-order valence-corrected chi connectivity index (χ3v) is 8.79. The molecule has 2 nitrogen and oxygen atoms in total. The van der Waals surface area contributed by atoms with Gasteiger partial charge in [0.05, 0.1) is 11.8 Å². The highest BCUT2D eigenvalue weighted by atomic mass is 19.1. The van der Waals surface area contributed by atoms with Crippen molar-refractivity contribution in [1.82, 2.24) is 4.98 Å². The summed E-state index contributed by atoms with van der Waals surface area (Å²) in [4.78, 5) is 5.39. The van der Waals surface area contributed by atoms with Crippen LogP contribution in [0.5, 0.6) is 0 Å². The van der Waals surface area contributed by atoms with Gasteiger partial charge in [-0.15, -0.1) is 0 Å². The van der Waals surface area contributed by atoms with Crippen LogP contribution in [0, 0.1) is 12.3 Å². The number of aromatic nitrogens is 1. The lowest BCUT2D eigenvalue weighted by Gasteiger charge is -2.40. The van der Waals surface area contributed by atoms with Crippen molar-refractivity contribution in [3.05, 3.63) is 63.5 Å². The van der Waals surface area contributed by atoms with E-state index in [0.29, 0.717) is 11.8 Å². The fourth-order valence-electron chi connectivity index (χ4n) is 7.04. The van der Waals surface area contributed by atoms with Crippen LogP contribution >= 0.6 is 0 Å². The van der Waals surface area contributed by atoms with Crippen LogP contribution in [0.15, 0.2) is 24.3 Å². The Hall–Kier alpha value is -1.74. The topological polar surface area (TPSA) is 22.1 Å². The van der Waals surface area contributed by atoms with Crippen LogP contribution < -0.4 is 0 Å². The first-order valence-corrected chi connectivity index (χ1v) is 13.7. The van der Waals surface area contributed by atoms with Crippen LogP contribution in [0.3, 0.4) is 0 Å². The molecule has 1 aromatic heterocycles. The molecule has 1 heterocycles. The average Bonchev–Trinajstić information content (AvgIpc) is 3.37. The Balaban J connectivity index is 1.76. The number of benzene rings is 1. The van der Waals surface area contributed by atoms with Crippen molar-refractivity contribution in [3.8, 4) is 0 Å². The van der Waals surface area contributed by atoms with Gasteiger partial charge < -0.3 is 4.74 Å². The van der Waals surface area contributed by atoms with E-state index < -0.39 is 6.17 Å². The van der Waals surface area contributed by atoms with E-state index in [1.54, 1.807) is 0 Å². The molecule has 2 atom stereocenters. The highest BCUT2D eigenvalue weighted by molar-refractivity contribution is 5.51. The van der Waals surface area contributed by atoms with Gasteiger partial charge in [0, 0.05) is 29.8 Å². The molecule has 0 aliphatic heterocycles. The van der Waals surface area contributed by atoms with Gasteiger partial charge in [0.15, 0.2) is 6.17 Å². The number of aryl methyl sites for hydroxylation is 1. The van der Waals surface area contributed by atoms with E-state index in [4.69, 9.17) is 9.72 Å². The second kappa shape index (κ2) is 9.72. The first-order chi connectivity index (χ1) is 16.4. The summed E-state index contributed by atoms with van der Waals surface area (Å²) < 4.78 is 22.9. The molecule has 3 aliphatic rings. The second-order valence-corrected chi connectivity index (χ2v) is 12.0. The molecule has 0 radical (unpaired) electrons. The minimum absolute atomic E-state index is 0.00442. The number of halogens is 1. The average molecular weight is 464 g/mol. The third kappa shape index (κ3) is 4.57. The van der Waals surface area contributed by atoms with E-state index in [0.717, 1.165) is 55.3 Å². The number of pyridine rings is 1. The van der Waals surface area contributed by atoms with Crippen LogP contribution in [0.1, 0.15) is 141 Å². The zero-order valence-electron chi connectivity index (χ0n) is 21.6. The number of alkyl halides is 1. The van der Waals surface area contributed by atoms with Crippen LogP contribution in [-0.2, 0) is 11.2 Å². The van der Waals surface area contributed by atoms with Gasteiger partial charge in [-0.1, -0.05) is 75.8 Å². The zero-order valence-corrected chi connectivity index (χ0v) is 21.6. The van der Waals surface area contributed by atoms with Crippen molar-refractivity contribution < 1.29 is 9.13 Å². The van der Waals surface area contributed by atoms with Gasteiger partial charge >= 0.3 is 0 Å². The van der Waals surface area contributed by atoms with E-state index in [9.17, 15) is 0 Å². The molecule has 2 saturated carbocycles. The predicted molar refractivity (Wildman–Crippen MR) is 137 cm³/mol. The molecule has 0 bridgehead atoms. The Kier molecular flexibility index (Phi) is 6.86. The minimum Gasteiger partial charge on any atom is -0.377 e. The van der Waals surface area contributed by atoms with Crippen molar-refractivity contribution in [2.24, 2.45) is 5.41 Å². The Bertz CT molecular complexity index is 999. The second-order valence-electron chi connectivity index (χ2n) is 12.0. The van der Waals surface area contributed by atoms with Crippen LogP contribution in [0.4, 0.5) is 4.39 Å². The van der Waals surface area contributed by atoms with Crippen molar-refractivity contribution in [3.63, 3.8) is 0 Å². The van der Waals surface area contributed by atoms with Gasteiger partial charge in [-0.2, -0.15) is 0 Å². The molecule has 0 unspecified atom stereocenters. The summed E-state index contributed by atoms with van der Waals surface area (Å²) in [6.07, 6.45) is 11.7. The molecule has 1 aromatic carbocycles. The number of hydrogen-bond donors (Lipinski definition) is 0. The van der Waals surface area contributed by atoms with Crippen molar-refractivity contribution in [2.45, 2.75) is 116 Å². The molecule has 2 aromatic rings. The largest absolute Gasteiger partial charge is 0.377 e. The normalized spacial score (nSPS) is 24.2. The smallest absolute Gasteiger partial charge is 0.152 e. The molecule has 5 rings (SSSR count). The Morgan fingerprint density at radius 2 is 1.53 bits per heavy atom. The summed E-state index contributed by atoms with van der Waals surface area (Å²) in [6.45, 7) is 6.73. The molecule has 2 fully saturated rings. The summed E-state index contributed by atoms with van der Waals surface area (Å²) in [6, 6.07) is 8.06. The summed E-state index contributed by atoms with van der Waals surface area (Å²) >= 11 is 0. The van der Waals surface area contributed by atoms with E-state index in [-0.39, 0.29) is 11.5 Å². The maximum atomic E-state index is 16.8. The first-order valence-electron chi connectivity index (χ1n) is 13.7. The Labute approximate surface area is 205 Å². The highest BCUT2D eigenvalue weighted by Gasteiger charge is 2.41. The lowest BCUT2D eigenvalue weighted by molar-refractivity contribution is 0.0476. The van der Waals surface area contributed by atoms with E-state index in [1.807, 2.05) is 31.4 Å². The fraction of sp³-hybridized carbons (Fsp3) is 0.645. The van der Waals surface area contributed by atoms with Crippen molar-refractivity contribution in [2.75, 3.05) is 7.11 Å². The van der Waals surface area contributed by atoms with Gasteiger partial charge in [0.2, 0.25) is 0 Å². The molecular formula is C31H42FNO. The number of fused-ring (bicyclic) bond motifs is 1. The van der Waals surface area contributed by atoms with E-state index in [2.05, 4.69) is 20.8 Å². The SMILES string of the molecule is CO[C@H]1CC(C)(C)Cc2nc(C3CCCC3)c([C@@H](F)c3ccc(C)cc3)c(C3CCCCC3)c21. The maximum absolute atomic E-state index is 16.8. The summed E-state index contributed by atoms with van der Waals surface area (Å²) in [5, 5.41) is 0. The fourth-order valence-corrected chi connectivity index (χ4v) is 7.04. The van der Waals surface area contributed by atoms with Crippen LogP contribution in [0.25, 0.3) is 0 Å². The molecular weight excluding hydrogens is 421 g/mol. The molecule has 3 heteroatoms. The van der Waals surface area contributed by atoms with Gasteiger partial charge in [-0.3, -0.25) is 4.98 Å². The van der Waals surface area contributed by atoms with Gasteiger partial charge in [-0.25, -0.2) is 4.39 Å². The van der Waals surface area contributed by atoms with Crippen LogP contribution in [0.2, 0.25) is 0 Å². The predicted octanol–water partition coefficient (Wildman–Crippen LogP) is 8.81. The molecule has 0 amide bonds. The number of hydrogen-bond acceptors (Lipinski definition) is 2. The monoisotopic (exact) mass is 463 g/mol. The number of nitrogens with zero attached hydrogens (tertiary/aromatic N) is 1. The summed E-state index contributed by atoms with van der Waals surface area (Å²) in [5.74, 6) is 0.806. The molecule has 0 spiro atoms. The summed E-state index contributed by atoms with van der Waals surface area (Å²) in [7, 11) is 1.83. The van der Waals surface area contributed by atoms with Gasteiger partial charge in [-0.05, 0) is 67.9 Å². The molecule has 184 valence electrons. The lowest BCUT2D eigenvalue weighted by atomic mass is 9.69. The maximum Gasteiger partial charge on any atom is 0.152 e. The van der Waals surface area contributed by atoms with Gasteiger partial charge in [0.1, 0.15) is 0 Å². The lowest BCUT2D eigenvalue weighted by Crippen LogP contribution is -2.31. The Morgan fingerprint density at radius 3 is 2.18 bits per heavy atom. The molecule has 3 aliphatic carbocycles. The van der Waals surface area contributed by atoms with E-state index >= 15 is 4.39 Å². The minimum atomic E-state index is -1.13. The summed E-state index contributed by atoms with van der Waals surface area (Å²) in [5.41, 5.74) is 7.83. The third-order valence-electron chi connectivity index (χ3n) is 8.79. The van der Waals surface area contributed by atoms with Gasteiger partial charge in [0.25, 0.3) is 0 Å². The zero-order chi connectivity index (χ0) is 23.9.